The van der Waals surface area contributed by atoms with Crippen molar-refractivity contribution >= 4 is 28.2 Å². The minimum Gasteiger partial charge on any atom is -0.268 e. The number of nitro benzene ring substituents is 1. The molecular formula is C11H8ClN3O2. The fraction of sp³-hybridized carbons (Fsp3) is 0.182. The van der Waals surface area contributed by atoms with Gasteiger partial charge in [-0.05, 0) is 12.0 Å². The highest BCUT2D eigenvalue weighted by Crippen LogP contribution is 2.24. The van der Waals surface area contributed by atoms with E-state index in [2.05, 4.69) is 22.0 Å². The molecular weight excluding hydrogens is 242 g/mol. The summed E-state index contributed by atoms with van der Waals surface area (Å²) in [5.41, 5.74) is 0.880. The van der Waals surface area contributed by atoms with Crippen molar-refractivity contribution in [2.24, 2.45) is 0 Å². The van der Waals surface area contributed by atoms with Gasteiger partial charge in [0.1, 0.15) is 5.69 Å². The van der Waals surface area contributed by atoms with Gasteiger partial charge in [-0.2, -0.15) is 5.10 Å². The molecule has 1 heterocycles. The number of fused-ring (bicyclic) bond motifs is 1. The number of nitrogens with zero attached hydrogens (tertiary/aromatic N) is 2. The Bertz CT molecular complexity index is 624. The van der Waals surface area contributed by atoms with Crippen LogP contribution in [0.2, 0.25) is 0 Å². The second kappa shape index (κ2) is 4.85. The van der Waals surface area contributed by atoms with Crippen molar-refractivity contribution in [1.29, 1.82) is 0 Å². The molecule has 1 aromatic heterocycles. The summed E-state index contributed by atoms with van der Waals surface area (Å²) in [4.78, 5) is 10.3. The van der Waals surface area contributed by atoms with E-state index in [1.807, 2.05) is 0 Å². The van der Waals surface area contributed by atoms with Crippen LogP contribution in [0, 0.1) is 22.0 Å². The molecule has 0 spiro atoms. The molecule has 86 valence electrons. The monoisotopic (exact) mass is 249 g/mol. The van der Waals surface area contributed by atoms with E-state index in [9.17, 15) is 10.1 Å². The Morgan fingerprint density at radius 1 is 1.53 bits per heavy atom. The Hall–Kier alpha value is -2.06. The molecule has 0 saturated carbocycles. The van der Waals surface area contributed by atoms with Crippen LogP contribution in [0.25, 0.3) is 10.9 Å². The van der Waals surface area contributed by atoms with Gasteiger partial charge in [0.05, 0.1) is 4.92 Å². The topological polar surface area (TPSA) is 71.8 Å². The maximum atomic E-state index is 10.8. The van der Waals surface area contributed by atoms with Crippen LogP contribution in [0.15, 0.2) is 18.2 Å². The normalized spacial score (nSPS) is 9.94. The van der Waals surface area contributed by atoms with Gasteiger partial charge in [0.15, 0.2) is 5.52 Å². The summed E-state index contributed by atoms with van der Waals surface area (Å²) < 4.78 is 0. The average molecular weight is 250 g/mol. The van der Waals surface area contributed by atoms with Gasteiger partial charge < -0.3 is 0 Å². The van der Waals surface area contributed by atoms with Gasteiger partial charge in [-0.1, -0.05) is 12.0 Å². The maximum absolute atomic E-state index is 10.8. The lowest BCUT2D eigenvalue weighted by Gasteiger charge is -1.91. The minimum atomic E-state index is -0.459. The standard InChI is InChI=1S/C11H8ClN3O2/c12-7-2-1-5-9-8-4-3-6-10(15(16)17)11(8)14-13-9/h3-4,6H,2,7H2,(H,13,14). The number of halogens is 1. The van der Waals surface area contributed by atoms with Gasteiger partial charge in [-0.15, -0.1) is 11.6 Å². The summed E-state index contributed by atoms with van der Waals surface area (Å²) >= 11 is 5.51. The third-order valence-corrected chi connectivity index (χ3v) is 2.38. The summed E-state index contributed by atoms with van der Waals surface area (Å²) in [6.45, 7) is 0. The van der Waals surface area contributed by atoms with Crippen molar-refractivity contribution in [3.8, 4) is 11.8 Å². The predicted octanol–water partition coefficient (Wildman–Crippen LogP) is 2.45. The van der Waals surface area contributed by atoms with Crippen molar-refractivity contribution in [1.82, 2.24) is 10.2 Å². The van der Waals surface area contributed by atoms with Crippen LogP contribution < -0.4 is 0 Å². The van der Waals surface area contributed by atoms with Crippen molar-refractivity contribution < 1.29 is 4.92 Å². The third-order valence-electron chi connectivity index (χ3n) is 2.19. The Kier molecular flexibility index (Phi) is 3.26. The molecule has 2 rings (SSSR count). The SMILES string of the molecule is O=[N+]([O-])c1cccc2c(C#CCCCl)[nH]nc12. The largest absolute Gasteiger partial charge is 0.297 e. The highest BCUT2D eigenvalue weighted by atomic mass is 35.5. The molecule has 0 aliphatic heterocycles. The molecule has 0 fully saturated rings. The van der Waals surface area contributed by atoms with Crippen LogP contribution in [-0.4, -0.2) is 21.0 Å². The van der Waals surface area contributed by atoms with E-state index in [-0.39, 0.29) is 5.69 Å². The molecule has 17 heavy (non-hydrogen) atoms. The van der Waals surface area contributed by atoms with Gasteiger partial charge in [0.25, 0.3) is 5.69 Å². The lowest BCUT2D eigenvalue weighted by molar-refractivity contribution is -0.383. The summed E-state index contributed by atoms with van der Waals surface area (Å²) in [6.07, 6.45) is 0.566. The van der Waals surface area contributed by atoms with E-state index in [0.717, 1.165) is 0 Å². The molecule has 0 saturated heterocycles. The van der Waals surface area contributed by atoms with Crippen LogP contribution >= 0.6 is 11.6 Å². The number of rotatable bonds is 2. The number of nitro groups is 1. The summed E-state index contributed by atoms with van der Waals surface area (Å²) in [5, 5.41) is 18.0. The molecule has 1 aromatic carbocycles. The van der Waals surface area contributed by atoms with Crippen molar-refractivity contribution in [2.45, 2.75) is 6.42 Å². The van der Waals surface area contributed by atoms with E-state index in [1.54, 1.807) is 12.1 Å². The van der Waals surface area contributed by atoms with Gasteiger partial charge in [0, 0.05) is 23.8 Å². The second-order valence-electron chi connectivity index (χ2n) is 3.27. The van der Waals surface area contributed by atoms with E-state index in [0.29, 0.717) is 28.9 Å². The van der Waals surface area contributed by atoms with E-state index in [4.69, 9.17) is 11.6 Å². The molecule has 0 aliphatic carbocycles. The fourth-order valence-electron chi connectivity index (χ4n) is 1.46. The van der Waals surface area contributed by atoms with Crippen LogP contribution in [0.3, 0.4) is 0 Å². The van der Waals surface area contributed by atoms with E-state index < -0.39 is 4.92 Å². The number of alkyl halides is 1. The number of hydrogen-bond donors (Lipinski definition) is 1. The average Bonchev–Trinajstić information content (AvgIpc) is 2.72. The van der Waals surface area contributed by atoms with Crippen LogP contribution in [0.5, 0.6) is 0 Å². The highest BCUT2D eigenvalue weighted by Gasteiger charge is 2.15. The maximum Gasteiger partial charge on any atom is 0.297 e. The van der Waals surface area contributed by atoms with Crippen molar-refractivity contribution in [2.75, 3.05) is 5.88 Å². The zero-order chi connectivity index (χ0) is 12.3. The first-order valence-electron chi connectivity index (χ1n) is 4.90. The fourth-order valence-corrected chi connectivity index (χ4v) is 1.56. The number of H-pyrrole nitrogens is 1. The Balaban J connectivity index is 2.52. The Morgan fingerprint density at radius 2 is 2.35 bits per heavy atom. The van der Waals surface area contributed by atoms with Gasteiger partial charge >= 0.3 is 0 Å². The molecule has 5 nitrogen and oxygen atoms in total. The summed E-state index contributed by atoms with van der Waals surface area (Å²) in [7, 11) is 0. The molecule has 2 aromatic rings. The smallest absolute Gasteiger partial charge is 0.268 e. The van der Waals surface area contributed by atoms with Gasteiger partial charge in [0.2, 0.25) is 0 Å². The number of aromatic amines is 1. The lowest BCUT2D eigenvalue weighted by Crippen LogP contribution is -1.88. The highest BCUT2D eigenvalue weighted by molar-refractivity contribution is 6.18. The first-order chi connectivity index (χ1) is 8.24. The molecule has 1 N–H and O–H groups in total. The third kappa shape index (κ3) is 2.22. The number of non-ortho nitro benzene ring substituents is 1. The quantitative estimate of drug-likeness (QED) is 0.385. The number of hydrogen-bond acceptors (Lipinski definition) is 3. The zero-order valence-corrected chi connectivity index (χ0v) is 9.49. The molecule has 0 amide bonds. The zero-order valence-electron chi connectivity index (χ0n) is 8.74. The molecule has 0 aliphatic rings. The molecule has 6 heteroatoms. The van der Waals surface area contributed by atoms with Crippen LogP contribution in [0.4, 0.5) is 5.69 Å². The molecule has 0 unspecified atom stereocenters. The molecule has 0 bridgehead atoms. The molecule has 0 radical (unpaired) electrons. The van der Waals surface area contributed by atoms with Crippen molar-refractivity contribution in [3.05, 3.63) is 34.0 Å². The molecule has 0 atom stereocenters. The Labute approximate surface area is 102 Å². The Morgan fingerprint density at radius 3 is 3.06 bits per heavy atom. The number of aromatic nitrogens is 2. The van der Waals surface area contributed by atoms with Crippen LogP contribution in [-0.2, 0) is 0 Å². The number of benzene rings is 1. The van der Waals surface area contributed by atoms with E-state index >= 15 is 0 Å². The first-order valence-corrected chi connectivity index (χ1v) is 5.44. The number of nitrogens with one attached hydrogen (secondary N) is 1. The minimum absolute atomic E-state index is 0.0239. The van der Waals surface area contributed by atoms with Gasteiger partial charge in [-0.3, -0.25) is 15.2 Å². The second-order valence-corrected chi connectivity index (χ2v) is 3.65. The first kappa shape index (κ1) is 11.4. The summed E-state index contributed by atoms with van der Waals surface area (Å²) in [5.74, 6) is 6.17. The van der Waals surface area contributed by atoms with E-state index in [1.165, 1.54) is 6.07 Å². The van der Waals surface area contributed by atoms with Crippen LogP contribution in [0.1, 0.15) is 12.1 Å². The lowest BCUT2D eigenvalue weighted by atomic mass is 10.2. The summed E-state index contributed by atoms with van der Waals surface area (Å²) in [6, 6.07) is 4.78. The number of para-hydroxylation sites is 1. The predicted molar refractivity (Wildman–Crippen MR) is 65.0 cm³/mol. The van der Waals surface area contributed by atoms with Gasteiger partial charge in [-0.25, -0.2) is 0 Å². The van der Waals surface area contributed by atoms with Crippen molar-refractivity contribution in [3.63, 3.8) is 0 Å².